The number of hydrogen-bond donors (Lipinski definition) is 1. The van der Waals surface area contributed by atoms with Crippen LogP contribution in [0.4, 0.5) is 8.78 Å². The van der Waals surface area contributed by atoms with Crippen LogP contribution in [-0.4, -0.2) is 16.0 Å². The summed E-state index contributed by atoms with van der Waals surface area (Å²) >= 11 is 4.86. The van der Waals surface area contributed by atoms with Gasteiger partial charge in [0.25, 0.3) is 12.0 Å². The summed E-state index contributed by atoms with van der Waals surface area (Å²) in [6.45, 7) is -0.682. The van der Waals surface area contributed by atoms with E-state index < -0.39 is 18.5 Å². The first-order valence-corrected chi connectivity index (χ1v) is 5.00. The van der Waals surface area contributed by atoms with Crippen LogP contribution in [0.3, 0.4) is 0 Å². The first kappa shape index (κ1) is 10.9. The second-order valence-electron chi connectivity index (χ2n) is 3.28. The lowest BCUT2D eigenvalue weighted by atomic mass is 10.2. The van der Waals surface area contributed by atoms with Crippen LogP contribution in [0.15, 0.2) is 29.1 Å². The molecule has 0 saturated heterocycles. The maximum absolute atomic E-state index is 12.3. The number of aromatic amines is 1. The van der Waals surface area contributed by atoms with Gasteiger partial charge < -0.3 is 4.98 Å². The Balaban J connectivity index is 2.76. The molecule has 3 nitrogen and oxygen atoms in total. The fourth-order valence-corrected chi connectivity index (χ4v) is 1.77. The number of hydrogen-bond acceptors (Lipinski definition) is 2. The average Bonchev–Trinajstić information content (AvgIpc) is 2.24. The number of rotatable bonds is 2. The van der Waals surface area contributed by atoms with Gasteiger partial charge >= 0.3 is 0 Å². The molecule has 2 rings (SSSR count). The molecule has 0 aliphatic heterocycles. The standard InChI is InChI=1S/C10H8F2N2OS/c11-8(12)5-14-9(15)6-3-1-2-4-7(6)13-10(14)16/h1-4,8H,5H2,(H,13,16). The topological polar surface area (TPSA) is 37.8 Å². The first-order chi connectivity index (χ1) is 7.59. The molecule has 0 bridgehead atoms. The SMILES string of the molecule is O=c1c2ccccc2[nH]c(=S)n1CC(F)F. The molecule has 1 heterocycles. The summed E-state index contributed by atoms with van der Waals surface area (Å²) in [5, 5.41) is 0.358. The minimum Gasteiger partial charge on any atom is -0.332 e. The minimum atomic E-state index is -2.60. The highest BCUT2D eigenvalue weighted by Crippen LogP contribution is 2.06. The third-order valence-electron chi connectivity index (χ3n) is 2.21. The fraction of sp³-hybridized carbons (Fsp3) is 0.200. The number of alkyl halides is 2. The normalized spacial score (nSPS) is 11.2. The maximum atomic E-state index is 12.3. The van der Waals surface area contributed by atoms with Crippen molar-refractivity contribution < 1.29 is 8.78 Å². The van der Waals surface area contributed by atoms with Crippen molar-refractivity contribution >= 4 is 23.1 Å². The molecule has 1 N–H and O–H groups in total. The van der Waals surface area contributed by atoms with E-state index in [-0.39, 0.29) is 4.77 Å². The Morgan fingerprint density at radius 3 is 2.75 bits per heavy atom. The number of aromatic nitrogens is 2. The lowest BCUT2D eigenvalue weighted by Gasteiger charge is -2.06. The predicted octanol–water partition coefficient (Wildman–Crippen LogP) is 2.32. The molecule has 16 heavy (non-hydrogen) atoms. The molecule has 1 aromatic heterocycles. The molecular weight excluding hydrogens is 234 g/mol. The molecule has 0 spiro atoms. The molecule has 0 unspecified atom stereocenters. The molecular formula is C10H8F2N2OS. The van der Waals surface area contributed by atoms with Crippen molar-refractivity contribution in [3.63, 3.8) is 0 Å². The lowest BCUT2D eigenvalue weighted by Crippen LogP contribution is -2.25. The molecule has 0 fully saturated rings. The van der Waals surface area contributed by atoms with E-state index in [0.717, 1.165) is 4.57 Å². The zero-order valence-electron chi connectivity index (χ0n) is 8.11. The molecule has 1 aromatic carbocycles. The van der Waals surface area contributed by atoms with Crippen LogP contribution in [0.25, 0.3) is 10.9 Å². The second kappa shape index (κ2) is 4.13. The zero-order chi connectivity index (χ0) is 11.7. The highest BCUT2D eigenvalue weighted by Gasteiger charge is 2.09. The summed E-state index contributed by atoms with van der Waals surface area (Å²) in [5.41, 5.74) is 0.0719. The number of benzene rings is 1. The molecule has 2 aromatic rings. The van der Waals surface area contributed by atoms with Gasteiger partial charge in [0.2, 0.25) is 0 Å². The van der Waals surface area contributed by atoms with Crippen molar-refractivity contribution in [3.05, 3.63) is 39.4 Å². The number of fused-ring (bicyclic) bond motifs is 1. The predicted molar refractivity (Wildman–Crippen MR) is 59.4 cm³/mol. The second-order valence-corrected chi connectivity index (χ2v) is 3.67. The quantitative estimate of drug-likeness (QED) is 0.821. The lowest BCUT2D eigenvalue weighted by molar-refractivity contribution is 0.124. The van der Waals surface area contributed by atoms with Crippen molar-refractivity contribution in [2.45, 2.75) is 13.0 Å². The third kappa shape index (κ3) is 1.88. The Labute approximate surface area is 94.3 Å². The van der Waals surface area contributed by atoms with Crippen LogP contribution in [-0.2, 0) is 6.54 Å². The van der Waals surface area contributed by atoms with Crippen molar-refractivity contribution in [1.29, 1.82) is 0 Å². The number of H-pyrrole nitrogens is 1. The number of nitrogens with one attached hydrogen (secondary N) is 1. The van der Waals surface area contributed by atoms with E-state index in [1.165, 1.54) is 0 Å². The van der Waals surface area contributed by atoms with Gasteiger partial charge in [0, 0.05) is 0 Å². The minimum absolute atomic E-state index is 0.0176. The zero-order valence-corrected chi connectivity index (χ0v) is 8.93. The van der Waals surface area contributed by atoms with Gasteiger partial charge in [-0.25, -0.2) is 8.78 Å². The van der Waals surface area contributed by atoms with Crippen LogP contribution in [0.2, 0.25) is 0 Å². The van der Waals surface area contributed by atoms with E-state index >= 15 is 0 Å². The Kier molecular flexibility index (Phi) is 2.82. The molecule has 0 amide bonds. The van der Waals surface area contributed by atoms with E-state index in [1.54, 1.807) is 24.3 Å². The maximum Gasteiger partial charge on any atom is 0.262 e. The Bertz CT molecular complexity index is 632. The average molecular weight is 242 g/mol. The molecule has 0 aliphatic carbocycles. The fourth-order valence-electron chi connectivity index (χ4n) is 1.50. The van der Waals surface area contributed by atoms with Gasteiger partial charge in [0.1, 0.15) is 0 Å². The van der Waals surface area contributed by atoms with Crippen molar-refractivity contribution in [3.8, 4) is 0 Å². The van der Waals surface area contributed by atoms with Crippen LogP contribution < -0.4 is 5.56 Å². The summed E-state index contributed by atoms with van der Waals surface area (Å²) in [5.74, 6) is 0. The van der Waals surface area contributed by atoms with E-state index in [4.69, 9.17) is 12.2 Å². The van der Waals surface area contributed by atoms with Crippen LogP contribution in [0.5, 0.6) is 0 Å². The Morgan fingerprint density at radius 2 is 2.06 bits per heavy atom. The van der Waals surface area contributed by atoms with Crippen molar-refractivity contribution in [2.24, 2.45) is 0 Å². The first-order valence-electron chi connectivity index (χ1n) is 4.59. The molecule has 6 heteroatoms. The van der Waals surface area contributed by atoms with E-state index in [1.807, 2.05) is 0 Å². The van der Waals surface area contributed by atoms with Gasteiger partial charge in [-0.05, 0) is 24.4 Å². The van der Waals surface area contributed by atoms with Gasteiger partial charge in [-0.3, -0.25) is 9.36 Å². The van der Waals surface area contributed by atoms with Crippen molar-refractivity contribution in [1.82, 2.24) is 9.55 Å². The summed E-state index contributed by atoms with van der Waals surface area (Å²) in [4.78, 5) is 14.6. The molecule has 0 saturated carbocycles. The molecule has 84 valence electrons. The van der Waals surface area contributed by atoms with Gasteiger partial charge in [-0.1, -0.05) is 12.1 Å². The van der Waals surface area contributed by atoms with Gasteiger partial charge in [-0.2, -0.15) is 0 Å². The summed E-state index contributed by atoms with van der Waals surface area (Å²) in [7, 11) is 0. The highest BCUT2D eigenvalue weighted by molar-refractivity contribution is 7.71. The van der Waals surface area contributed by atoms with Crippen LogP contribution in [0.1, 0.15) is 0 Å². The summed E-state index contributed by atoms with van der Waals surface area (Å²) in [6.07, 6.45) is -2.60. The van der Waals surface area contributed by atoms with E-state index in [0.29, 0.717) is 10.9 Å². The Hall–Kier alpha value is -1.56. The Morgan fingerprint density at radius 1 is 1.38 bits per heavy atom. The summed E-state index contributed by atoms with van der Waals surface area (Å²) < 4.78 is 25.4. The highest BCUT2D eigenvalue weighted by atomic mass is 32.1. The van der Waals surface area contributed by atoms with Crippen LogP contribution in [0, 0.1) is 4.77 Å². The van der Waals surface area contributed by atoms with Crippen LogP contribution >= 0.6 is 12.2 Å². The van der Waals surface area contributed by atoms with E-state index in [2.05, 4.69) is 4.98 Å². The smallest absolute Gasteiger partial charge is 0.262 e. The number of nitrogens with zero attached hydrogens (tertiary/aromatic N) is 1. The van der Waals surface area contributed by atoms with Gasteiger partial charge in [-0.15, -0.1) is 0 Å². The molecule has 0 atom stereocenters. The monoisotopic (exact) mass is 242 g/mol. The third-order valence-corrected chi connectivity index (χ3v) is 2.53. The number of halogens is 2. The van der Waals surface area contributed by atoms with E-state index in [9.17, 15) is 13.6 Å². The molecule has 0 radical (unpaired) electrons. The summed E-state index contributed by atoms with van der Waals surface area (Å²) in [6, 6.07) is 6.67. The van der Waals surface area contributed by atoms with Crippen molar-refractivity contribution in [2.75, 3.05) is 0 Å². The van der Waals surface area contributed by atoms with Gasteiger partial charge in [0.15, 0.2) is 4.77 Å². The molecule has 0 aliphatic rings. The largest absolute Gasteiger partial charge is 0.332 e. The van der Waals surface area contributed by atoms with Gasteiger partial charge in [0.05, 0.1) is 17.4 Å². The number of para-hydroxylation sites is 1.